The number of nitrogens with one attached hydrogen (secondary N) is 1. The van der Waals surface area contributed by atoms with Crippen LogP contribution in [0.3, 0.4) is 0 Å². The minimum atomic E-state index is -0.764. The quantitative estimate of drug-likeness (QED) is 0.365. The molecule has 1 rings (SSSR count). The van der Waals surface area contributed by atoms with Gasteiger partial charge in [-0.15, -0.1) is 0 Å². The number of ether oxygens (including phenoxy) is 1. The molecule has 7 heteroatoms. The monoisotopic (exact) mass is 287 g/mol. The molecule has 0 saturated carbocycles. The average molecular weight is 287 g/mol. The van der Waals surface area contributed by atoms with E-state index in [0.29, 0.717) is 6.61 Å². The smallest absolute Gasteiger partial charge is 0.184 e. The van der Waals surface area contributed by atoms with Gasteiger partial charge in [0.2, 0.25) is 0 Å². The molecular weight excluding hydrogens is 272 g/mol. The van der Waals surface area contributed by atoms with Crippen LogP contribution in [0.15, 0.2) is 17.2 Å². The van der Waals surface area contributed by atoms with E-state index < -0.39 is 11.6 Å². The molecule has 4 nitrogen and oxygen atoms in total. The van der Waals surface area contributed by atoms with Gasteiger partial charge >= 0.3 is 0 Å². The van der Waals surface area contributed by atoms with Crippen molar-refractivity contribution in [1.82, 2.24) is 5.43 Å². The van der Waals surface area contributed by atoms with E-state index in [1.807, 2.05) is 6.92 Å². The van der Waals surface area contributed by atoms with Gasteiger partial charge in [0.25, 0.3) is 0 Å². The fourth-order valence-electron chi connectivity index (χ4n) is 1.26. The molecule has 0 bridgehead atoms. The van der Waals surface area contributed by atoms with Crippen LogP contribution in [0.4, 0.5) is 8.78 Å². The second-order valence-corrected chi connectivity index (χ2v) is 4.18. The van der Waals surface area contributed by atoms with E-state index >= 15 is 0 Å². The number of benzene rings is 1. The van der Waals surface area contributed by atoms with Crippen LogP contribution in [0.2, 0.25) is 0 Å². The molecule has 0 aliphatic rings. The first kappa shape index (κ1) is 15.3. The molecular formula is C12H15F2N3OS. The third-order valence-corrected chi connectivity index (χ3v) is 2.28. The number of rotatable bonds is 6. The molecule has 0 radical (unpaired) electrons. The molecule has 3 N–H and O–H groups in total. The molecule has 0 fully saturated rings. The van der Waals surface area contributed by atoms with E-state index in [9.17, 15) is 8.78 Å². The standard InChI is InChI=1S/C12H15F2N3OS/c1-2-3-4-18-8-5-10(13)9(11(14)6-8)7-16-17-12(15)19/h5-7H,2-4H2,1H3,(H3,15,17,19). The average Bonchev–Trinajstić information content (AvgIpc) is 2.32. The molecule has 0 aliphatic carbocycles. The third kappa shape index (κ3) is 5.17. The maximum atomic E-state index is 13.6. The topological polar surface area (TPSA) is 59.6 Å². The van der Waals surface area contributed by atoms with Crippen molar-refractivity contribution in [2.75, 3.05) is 6.61 Å². The predicted octanol–water partition coefficient (Wildman–Crippen LogP) is 2.31. The van der Waals surface area contributed by atoms with E-state index in [4.69, 9.17) is 10.5 Å². The number of unbranched alkanes of at least 4 members (excludes halogenated alkanes) is 1. The zero-order valence-electron chi connectivity index (χ0n) is 10.5. The largest absolute Gasteiger partial charge is 0.493 e. The van der Waals surface area contributed by atoms with E-state index in [-0.39, 0.29) is 16.4 Å². The third-order valence-electron chi connectivity index (χ3n) is 2.19. The summed E-state index contributed by atoms with van der Waals surface area (Å²) in [4.78, 5) is 0. The molecule has 0 unspecified atom stereocenters. The van der Waals surface area contributed by atoms with Crippen molar-refractivity contribution in [3.05, 3.63) is 29.3 Å². The molecule has 1 aromatic rings. The summed E-state index contributed by atoms with van der Waals surface area (Å²) in [5.74, 6) is -1.37. The highest BCUT2D eigenvalue weighted by Gasteiger charge is 2.10. The van der Waals surface area contributed by atoms with Gasteiger partial charge in [0.05, 0.1) is 18.4 Å². The van der Waals surface area contributed by atoms with Gasteiger partial charge in [-0.25, -0.2) is 8.78 Å². The van der Waals surface area contributed by atoms with Crippen molar-refractivity contribution in [2.24, 2.45) is 10.8 Å². The van der Waals surface area contributed by atoms with Crippen LogP contribution >= 0.6 is 12.2 Å². The number of halogens is 2. The number of thiocarbonyl (C=S) groups is 1. The minimum Gasteiger partial charge on any atom is -0.493 e. The number of hydrogen-bond donors (Lipinski definition) is 2. The van der Waals surface area contributed by atoms with Crippen LogP contribution in [-0.2, 0) is 0 Å². The van der Waals surface area contributed by atoms with Crippen LogP contribution in [0, 0.1) is 11.6 Å². The highest BCUT2D eigenvalue weighted by atomic mass is 32.1. The van der Waals surface area contributed by atoms with Gasteiger partial charge < -0.3 is 10.5 Å². The van der Waals surface area contributed by atoms with E-state index in [0.717, 1.165) is 31.2 Å². The Morgan fingerprint density at radius 1 is 1.47 bits per heavy atom. The molecule has 0 heterocycles. The van der Waals surface area contributed by atoms with Crippen LogP contribution in [-0.4, -0.2) is 17.9 Å². The fraction of sp³-hybridized carbons (Fsp3) is 0.333. The lowest BCUT2D eigenvalue weighted by Crippen LogP contribution is -2.24. The number of nitrogens with two attached hydrogens (primary N) is 1. The van der Waals surface area contributed by atoms with Crippen LogP contribution in [0.1, 0.15) is 25.3 Å². The Hall–Kier alpha value is -1.76. The number of hydrogen-bond acceptors (Lipinski definition) is 3. The van der Waals surface area contributed by atoms with Crippen LogP contribution in [0.25, 0.3) is 0 Å². The highest BCUT2D eigenvalue weighted by Crippen LogP contribution is 2.19. The summed E-state index contributed by atoms with van der Waals surface area (Å²) < 4.78 is 32.5. The van der Waals surface area contributed by atoms with Crippen molar-refractivity contribution in [3.63, 3.8) is 0 Å². The summed E-state index contributed by atoms with van der Waals surface area (Å²) in [6.45, 7) is 2.42. The zero-order chi connectivity index (χ0) is 14.3. The van der Waals surface area contributed by atoms with Crippen LogP contribution in [0.5, 0.6) is 5.75 Å². The molecule has 0 atom stereocenters. The molecule has 0 amide bonds. The highest BCUT2D eigenvalue weighted by molar-refractivity contribution is 7.80. The lowest BCUT2D eigenvalue weighted by molar-refractivity contribution is 0.306. The van der Waals surface area contributed by atoms with Gasteiger partial charge in [0.15, 0.2) is 5.11 Å². The van der Waals surface area contributed by atoms with Crippen molar-refractivity contribution in [2.45, 2.75) is 19.8 Å². The maximum Gasteiger partial charge on any atom is 0.184 e. The summed E-state index contributed by atoms with van der Waals surface area (Å²) in [7, 11) is 0. The normalized spacial score (nSPS) is 10.7. The zero-order valence-corrected chi connectivity index (χ0v) is 11.3. The first-order valence-electron chi connectivity index (χ1n) is 5.75. The molecule has 104 valence electrons. The molecule has 0 spiro atoms. The lowest BCUT2D eigenvalue weighted by Gasteiger charge is -2.07. The Kier molecular flexibility index (Phi) is 6.14. The summed E-state index contributed by atoms with van der Waals surface area (Å²) in [6, 6.07) is 2.22. The van der Waals surface area contributed by atoms with Gasteiger partial charge in [-0.05, 0) is 18.6 Å². The van der Waals surface area contributed by atoms with Gasteiger partial charge in [-0.2, -0.15) is 5.10 Å². The second kappa shape index (κ2) is 7.63. The van der Waals surface area contributed by atoms with Crippen LogP contribution < -0.4 is 15.9 Å². The van der Waals surface area contributed by atoms with Gasteiger partial charge in [0, 0.05) is 12.1 Å². The van der Waals surface area contributed by atoms with Crippen molar-refractivity contribution < 1.29 is 13.5 Å². The first-order chi connectivity index (χ1) is 9.04. The van der Waals surface area contributed by atoms with E-state index in [1.54, 1.807) is 0 Å². The van der Waals surface area contributed by atoms with Crippen molar-refractivity contribution in [3.8, 4) is 5.75 Å². The van der Waals surface area contributed by atoms with Crippen molar-refractivity contribution in [1.29, 1.82) is 0 Å². The van der Waals surface area contributed by atoms with E-state index in [1.165, 1.54) is 0 Å². The SMILES string of the molecule is CCCCOc1cc(F)c(C=NNC(N)=S)c(F)c1. The van der Waals surface area contributed by atoms with Gasteiger partial charge in [-0.1, -0.05) is 13.3 Å². The molecule has 0 aromatic heterocycles. The van der Waals surface area contributed by atoms with E-state index in [2.05, 4.69) is 22.7 Å². The Balaban J connectivity index is 2.79. The minimum absolute atomic E-state index is 0.0865. The predicted molar refractivity (Wildman–Crippen MR) is 74.3 cm³/mol. The second-order valence-electron chi connectivity index (χ2n) is 3.74. The Labute approximate surface area is 115 Å². The molecule has 1 aromatic carbocycles. The summed E-state index contributed by atoms with van der Waals surface area (Å²) in [5.41, 5.74) is 7.06. The van der Waals surface area contributed by atoms with Gasteiger partial charge in [0.1, 0.15) is 17.4 Å². The maximum absolute atomic E-state index is 13.6. The first-order valence-corrected chi connectivity index (χ1v) is 6.15. The molecule has 0 saturated heterocycles. The lowest BCUT2D eigenvalue weighted by atomic mass is 10.2. The fourth-order valence-corrected chi connectivity index (χ4v) is 1.32. The Morgan fingerprint density at radius 3 is 2.63 bits per heavy atom. The summed E-state index contributed by atoms with van der Waals surface area (Å²) in [6.07, 6.45) is 2.74. The Morgan fingerprint density at radius 2 is 2.11 bits per heavy atom. The number of nitrogens with zero attached hydrogens (tertiary/aromatic N) is 1. The van der Waals surface area contributed by atoms with Gasteiger partial charge in [-0.3, -0.25) is 5.43 Å². The van der Waals surface area contributed by atoms with Crippen molar-refractivity contribution >= 4 is 23.5 Å². The Bertz CT molecular complexity index is 457. The molecule has 0 aliphatic heterocycles. The summed E-state index contributed by atoms with van der Waals surface area (Å²) >= 11 is 4.50. The molecule has 19 heavy (non-hydrogen) atoms. The number of hydrazone groups is 1. The summed E-state index contributed by atoms with van der Waals surface area (Å²) in [5, 5.41) is 3.42.